The zero-order chi connectivity index (χ0) is 15.0. The summed E-state index contributed by atoms with van der Waals surface area (Å²) in [5.74, 6) is 0. The van der Waals surface area contributed by atoms with Crippen molar-refractivity contribution < 1.29 is 4.79 Å². The van der Waals surface area contributed by atoms with Crippen LogP contribution in [-0.4, -0.2) is 16.5 Å². The maximum absolute atomic E-state index is 12.2. The molecule has 2 N–H and O–H groups in total. The summed E-state index contributed by atoms with van der Waals surface area (Å²) in [6.45, 7) is 2.03. The van der Waals surface area contributed by atoms with E-state index in [-0.39, 0.29) is 5.24 Å². The summed E-state index contributed by atoms with van der Waals surface area (Å²) in [5.41, 5.74) is 7.84. The van der Waals surface area contributed by atoms with Gasteiger partial charge in [-0.25, -0.2) is 4.98 Å². The summed E-state index contributed by atoms with van der Waals surface area (Å²) < 4.78 is 1.90. The Bertz CT molecular complexity index is 778. The monoisotopic (exact) mass is 316 g/mol. The Labute approximate surface area is 129 Å². The molecule has 2 aromatic carbocycles. The lowest BCUT2D eigenvalue weighted by molar-refractivity contribution is 0.266. The fraction of sp³-hybridized carbons (Fsp3) is 0.125. The fourth-order valence-corrected chi connectivity index (χ4v) is 5.87. The van der Waals surface area contributed by atoms with Crippen molar-refractivity contribution in [3.63, 3.8) is 0 Å². The first-order chi connectivity index (χ1) is 10.0. The molecule has 0 radical (unpaired) electrons. The summed E-state index contributed by atoms with van der Waals surface area (Å²) in [7, 11) is -1.95. The quantitative estimate of drug-likeness (QED) is 0.755. The zero-order valence-corrected chi connectivity index (χ0v) is 13.5. The number of hydrogen-bond acceptors (Lipinski definition) is 3. The van der Waals surface area contributed by atoms with Gasteiger partial charge in [-0.2, -0.15) is 0 Å². The average Bonchev–Trinajstić information content (AvgIpc) is 2.91. The molecule has 3 aromatic rings. The minimum absolute atomic E-state index is 0.301. The third-order valence-electron chi connectivity index (χ3n) is 3.52. The largest absolute Gasteiger partial charge is 0.361 e. The maximum atomic E-state index is 12.2. The van der Waals surface area contributed by atoms with E-state index in [9.17, 15) is 4.79 Å². The van der Waals surface area contributed by atoms with Crippen LogP contribution in [0.5, 0.6) is 0 Å². The Hall–Kier alpha value is -1.85. The molecule has 1 heterocycles. The van der Waals surface area contributed by atoms with Gasteiger partial charge >= 0.3 is 0 Å². The van der Waals surface area contributed by atoms with Crippen molar-refractivity contribution in [1.82, 2.24) is 4.98 Å². The lowest BCUT2D eigenvalue weighted by Gasteiger charge is -2.29. The predicted octanol–water partition coefficient (Wildman–Crippen LogP) is 4.54. The lowest BCUT2D eigenvalue weighted by Crippen LogP contribution is -2.19. The molecule has 0 aliphatic heterocycles. The number of nitrogens with zero attached hydrogens (tertiary/aromatic N) is 1. The number of thiazole rings is 1. The van der Waals surface area contributed by atoms with E-state index in [0.29, 0.717) is 0 Å². The fourth-order valence-electron chi connectivity index (χ4n) is 2.14. The minimum Gasteiger partial charge on any atom is -0.361 e. The molecule has 108 valence electrons. The highest BCUT2D eigenvalue weighted by atomic mass is 32.3. The van der Waals surface area contributed by atoms with Crippen LogP contribution in [0.4, 0.5) is 4.79 Å². The Kier molecular flexibility index (Phi) is 3.47. The molecule has 3 rings (SSSR count). The molecule has 5 heteroatoms. The van der Waals surface area contributed by atoms with E-state index < -0.39 is 10.0 Å². The number of carbonyl (C=O) groups is 1. The van der Waals surface area contributed by atoms with Crippen LogP contribution in [-0.2, 0) is 0 Å². The second kappa shape index (κ2) is 5.16. The molecule has 0 aliphatic carbocycles. The first-order valence-electron chi connectivity index (χ1n) is 6.52. The second-order valence-corrected chi connectivity index (χ2v) is 9.38. The molecule has 0 spiro atoms. The number of aryl methyl sites for hydroxylation is 1. The highest BCUT2D eigenvalue weighted by Crippen LogP contribution is 2.61. The van der Waals surface area contributed by atoms with Gasteiger partial charge < -0.3 is 5.73 Å². The second-order valence-electron chi connectivity index (χ2n) is 5.00. The smallest absolute Gasteiger partial charge is 0.269 e. The van der Waals surface area contributed by atoms with Gasteiger partial charge in [-0.3, -0.25) is 4.79 Å². The van der Waals surface area contributed by atoms with Crippen LogP contribution in [0.15, 0.2) is 57.8 Å². The molecule has 1 aromatic heterocycles. The number of fused-ring (bicyclic) bond motifs is 1. The highest BCUT2D eigenvalue weighted by molar-refractivity contribution is 8.45. The topological polar surface area (TPSA) is 56.0 Å². The molecule has 21 heavy (non-hydrogen) atoms. The number of aromatic nitrogens is 1. The van der Waals surface area contributed by atoms with Crippen molar-refractivity contribution in [3.05, 3.63) is 54.1 Å². The number of hydrogen-bond donors (Lipinski definition) is 1. The molecule has 3 nitrogen and oxygen atoms in total. The van der Waals surface area contributed by atoms with Crippen LogP contribution >= 0.6 is 21.4 Å². The Morgan fingerprint density at radius 2 is 1.81 bits per heavy atom. The molecule has 1 unspecified atom stereocenters. The third-order valence-corrected chi connectivity index (χ3v) is 8.41. The van der Waals surface area contributed by atoms with Crippen LogP contribution in [0.25, 0.3) is 10.2 Å². The standard InChI is InChI=1S/C16H16N2OS2/c1-11-7-9-12(10-8-11)21(2,15(17)19)16-18-13-5-3-4-6-14(13)20-16/h3-10H,1-2H3,(H2,17,19). The van der Waals surface area contributed by atoms with Gasteiger partial charge in [-0.15, -0.1) is 11.3 Å². The van der Waals surface area contributed by atoms with Crippen LogP contribution in [0.1, 0.15) is 5.56 Å². The van der Waals surface area contributed by atoms with Crippen molar-refractivity contribution in [3.8, 4) is 0 Å². The highest BCUT2D eigenvalue weighted by Gasteiger charge is 2.33. The van der Waals surface area contributed by atoms with Gasteiger partial charge in [0.1, 0.15) is 4.34 Å². The van der Waals surface area contributed by atoms with E-state index >= 15 is 0 Å². The third kappa shape index (κ3) is 2.32. The number of carbonyl (C=O) groups excluding carboxylic acids is 1. The molecule has 0 saturated carbocycles. The van der Waals surface area contributed by atoms with Crippen LogP contribution < -0.4 is 5.73 Å². The number of para-hydroxylation sites is 1. The molecule has 0 fully saturated rings. The number of rotatable bonds is 2. The van der Waals surface area contributed by atoms with E-state index in [1.54, 1.807) is 11.3 Å². The van der Waals surface area contributed by atoms with Gasteiger partial charge in [-0.05, 0) is 37.4 Å². The molecular weight excluding hydrogens is 300 g/mol. The van der Waals surface area contributed by atoms with E-state index in [4.69, 9.17) is 5.73 Å². The van der Waals surface area contributed by atoms with Crippen LogP contribution in [0.2, 0.25) is 0 Å². The molecular formula is C16H16N2OS2. The predicted molar refractivity (Wildman–Crippen MR) is 90.4 cm³/mol. The summed E-state index contributed by atoms with van der Waals surface area (Å²) in [4.78, 5) is 17.8. The summed E-state index contributed by atoms with van der Waals surface area (Å²) in [6, 6.07) is 15.9. The minimum atomic E-state index is -1.95. The van der Waals surface area contributed by atoms with E-state index in [2.05, 4.69) is 4.98 Å². The van der Waals surface area contributed by atoms with Crippen molar-refractivity contribution >= 4 is 36.8 Å². The first-order valence-corrected chi connectivity index (χ1v) is 9.38. The summed E-state index contributed by atoms with van der Waals surface area (Å²) in [6.07, 6.45) is 1.93. The first kappa shape index (κ1) is 14.1. The SMILES string of the molecule is Cc1ccc(S(C)(C(N)=O)c2nc3ccccc3s2)cc1. The van der Waals surface area contributed by atoms with E-state index in [1.165, 1.54) is 0 Å². The van der Waals surface area contributed by atoms with Crippen LogP contribution in [0.3, 0.4) is 0 Å². The number of benzene rings is 2. The molecule has 1 atom stereocenters. The van der Waals surface area contributed by atoms with E-state index in [0.717, 1.165) is 25.0 Å². The van der Waals surface area contributed by atoms with Crippen molar-refractivity contribution in [2.75, 3.05) is 6.26 Å². The van der Waals surface area contributed by atoms with Crippen molar-refractivity contribution in [2.45, 2.75) is 16.2 Å². The van der Waals surface area contributed by atoms with Gasteiger partial charge in [0.2, 0.25) is 0 Å². The average molecular weight is 316 g/mol. The lowest BCUT2D eigenvalue weighted by atomic mass is 10.2. The van der Waals surface area contributed by atoms with E-state index in [1.807, 2.05) is 61.7 Å². The van der Waals surface area contributed by atoms with Crippen LogP contribution in [0, 0.1) is 6.92 Å². The summed E-state index contributed by atoms with van der Waals surface area (Å²) in [5, 5.41) is -0.301. The Morgan fingerprint density at radius 1 is 1.14 bits per heavy atom. The molecule has 1 amide bonds. The molecule has 0 bridgehead atoms. The van der Waals surface area contributed by atoms with Crippen molar-refractivity contribution in [1.29, 1.82) is 0 Å². The number of primary amides is 1. The Morgan fingerprint density at radius 3 is 2.43 bits per heavy atom. The normalized spacial score (nSPS) is 15.5. The number of amides is 1. The maximum Gasteiger partial charge on any atom is 0.269 e. The Balaban J connectivity index is 2.20. The van der Waals surface area contributed by atoms with Crippen molar-refractivity contribution in [2.24, 2.45) is 5.73 Å². The molecule has 0 aliphatic rings. The van der Waals surface area contributed by atoms with Gasteiger partial charge in [0.05, 0.1) is 10.2 Å². The van der Waals surface area contributed by atoms with Gasteiger partial charge in [-0.1, -0.05) is 39.9 Å². The van der Waals surface area contributed by atoms with Gasteiger partial charge in [0, 0.05) is 4.90 Å². The van der Waals surface area contributed by atoms with Gasteiger partial charge in [0.25, 0.3) is 5.24 Å². The number of nitrogens with two attached hydrogens (primary N) is 1. The van der Waals surface area contributed by atoms with Gasteiger partial charge in [0.15, 0.2) is 0 Å². The molecule has 0 saturated heterocycles. The zero-order valence-electron chi connectivity index (χ0n) is 11.9. The summed E-state index contributed by atoms with van der Waals surface area (Å²) >= 11 is 1.56.